The van der Waals surface area contributed by atoms with E-state index < -0.39 is 28.6 Å². The second kappa shape index (κ2) is 7.61. The van der Waals surface area contributed by atoms with Crippen LogP contribution < -0.4 is 5.32 Å². The van der Waals surface area contributed by atoms with Crippen LogP contribution in [0.15, 0.2) is 52.6 Å². The summed E-state index contributed by atoms with van der Waals surface area (Å²) in [5, 5.41) is 17.7. The fourth-order valence-electron chi connectivity index (χ4n) is 2.52. The molecule has 142 valence electrons. The number of carbonyl (C=O) groups excluding carboxylic acids is 1. The highest BCUT2D eigenvalue weighted by Crippen LogP contribution is 2.38. The highest BCUT2D eigenvalue weighted by atomic mass is 32.2. The van der Waals surface area contributed by atoms with E-state index in [9.17, 15) is 27.9 Å². The summed E-state index contributed by atoms with van der Waals surface area (Å²) in [6, 6.07) is 4.25. The maximum atomic E-state index is 12.7. The molecule has 1 amide bonds. The lowest BCUT2D eigenvalue weighted by Gasteiger charge is -2.10. The van der Waals surface area contributed by atoms with Crippen molar-refractivity contribution in [3.63, 3.8) is 0 Å². The highest BCUT2D eigenvalue weighted by molar-refractivity contribution is 8.22. The van der Waals surface area contributed by atoms with E-state index in [1.54, 1.807) is 0 Å². The Morgan fingerprint density at radius 3 is 2.30 bits per heavy atom. The van der Waals surface area contributed by atoms with Crippen molar-refractivity contribution in [2.45, 2.75) is 6.18 Å². The molecule has 1 aromatic heterocycles. The summed E-state index contributed by atoms with van der Waals surface area (Å²) >= 11 is 1.03. The number of carboxylic acid groups (broad SMARTS) is 1. The van der Waals surface area contributed by atoms with Crippen molar-refractivity contribution in [1.82, 2.24) is 0 Å². The van der Waals surface area contributed by atoms with Gasteiger partial charge in [-0.1, -0.05) is 24.3 Å². The fraction of sp³-hybridized carbons (Fsp3) is 0.111. The van der Waals surface area contributed by atoms with Gasteiger partial charge < -0.3 is 10.4 Å². The van der Waals surface area contributed by atoms with Crippen LogP contribution in [0.4, 0.5) is 18.2 Å². The second-order valence-electron chi connectivity index (χ2n) is 5.64. The van der Waals surface area contributed by atoms with Gasteiger partial charge in [-0.25, -0.2) is 15.7 Å². The van der Waals surface area contributed by atoms with E-state index >= 15 is 0 Å². The van der Waals surface area contributed by atoms with Gasteiger partial charge in [0.15, 0.2) is 0 Å². The van der Waals surface area contributed by atoms with Gasteiger partial charge in [0, 0.05) is 10.9 Å². The number of hydrogen-bond donors (Lipinski definition) is 3. The number of carbonyl (C=O) groups is 2. The predicted molar refractivity (Wildman–Crippen MR) is 102 cm³/mol. The van der Waals surface area contributed by atoms with Gasteiger partial charge in [0.1, 0.15) is 10.6 Å². The zero-order chi connectivity index (χ0) is 19.6. The lowest BCUT2D eigenvalue weighted by atomic mass is 10.0. The standard InChI is InChI=1S/C18H14F3NO3S2/c19-18(20,21)12-5-3-11(4-6-12)13-9-26-16(15(13)17(24)25)22-14(23)10-27-7-1-2-8-27/h1-9,27H,10H2,(H,22,23)(H,24,25). The monoisotopic (exact) mass is 413 g/mol. The minimum absolute atomic E-state index is 0.126. The van der Waals surface area contributed by atoms with Gasteiger partial charge >= 0.3 is 12.1 Å². The van der Waals surface area contributed by atoms with Crippen LogP contribution in [0.25, 0.3) is 11.1 Å². The molecule has 0 saturated carbocycles. The van der Waals surface area contributed by atoms with Crippen molar-refractivity contribution in [2.24, 2.45) is 0 Å². The number of benzene rings is 1. The molecule has 0 saturated heterocycles. The Morgan fingerprint density at radius 1 is 1.11 bits per heavy atom. The molecule has 1 aromatic carbocycles. The normalized spacial score (nSPS) is 14.6. The van der Waals surface area contributed by atoms with Crippen LogP contribution in [0.2, 0.25) is 0 Å². The molecule has 0 bridgehead atoms. The summed E-state index contributed by atoms with van der Waals surface area (Å²) in [5.74, 6) is -1.32. The summed E-state index contributed by atoms with van der Waals surface area (Å²) < 4.78 is 38.1. The minimum atomic E-state index is -4.47. The lowest BCUT2D eigenvalue weighted by Crippen LogP contribution is -2.16. The highest BCUT2D eigenvalue weighted by Gasteiger charge is 2.30. The van der Waals surface area contributed by atoms with E-state index in [4.69, 9.17) is 0 Å². The van der Waals surface area contributed by atoms with E-state index in [-0.39, 0.29) is 27.8 Å². The number of halogens is 3. The molecule has 27 heavy (non-hydrogen) atoms. The second-order valence-corrected chi connectivity index (χ2v) is 8.46. The Hall–Kier alpha value is -2.52. The quantitative estimate of drug-likeness (QED) is 0.597. The Balaban J connectivity index is 1.85. The van der Waals surface area contributed by atoms with Crippen LogP contribution in [0.3, 0.4) is 0 Å². The molecule has 0 aliphatic carbocycles. The maximum absolute atomic E-state index is 12.7. The first-order valence-corrected chi connectivity index (χ1v) is 10.2. The molecular formula is C18H14F3NO3S2. The number of amides is 1. The van der Waals surface area contributed by atoms with Gasteiger partial charge in [0.05, 0.1) is 11.3 Å². The smallest absolute Gasteiger partial charge is 0.416 e. The van der Waals surface area contributed by atoms with E-state index in [0.29, 0.717) is 5.56 Å². The zero-order valence-electron chi connectivity index (χ0n) is 13.7. The topological polar surface area (TPSA) is 66.4 Å². The molecule has 9 heteroatoms. The van der Waals surface area contributed by atoms with Gasteiger partial charge in [-0.05, 0) is 28.5 Å². The summed E-state index contributed by atoms with van der Waals surface area (Å²) in [6.45, 7) is 0. The number of carboxylic acids is 1. The van der Waals surface area contributed by atoms with Crippen LogP contribution in [-0.2, 0) is 11.0 Å². The van der Waals surface area contributed by atoms with E-state index in [0.717, 1.165) is 23.5 Å². The molecule has 1 aliphatic heterocycles. The van der Waals surface area contributed by atoms with Crippen LogP contribution in [0.5, 0.6) is 0 Å². The van der Waals surface area contributed by atoms with Crippen LogP contribution in [0, 0.1) is 0 Å². The number of thiophene rings is 1. The number of allylic oxidation sites excluding steroid dienone is 2. The molecule has 0 spiro atoms. The Kier molecular flexibility index (Phi) is 5.43. The van der Waals surface area contributed by atoms with Crippen molar-refractivity contribution < 1.29 is 27.9 Å². The maximum Gasteiger partial charge on any atom is 0.416 e. The van der Waals surface area contributed by atoms with Gasteiger partial charge in [-0.2, -0.15) is 13.2 Å². The average molecular weight is 413 g/mol. The summed E-state index contributed by atoms with van der Waals surface area (Å²) in [7, 11) is -0.680. The third-order valence-corrected chi connectivity index (χ3v) is 6.43. The molecule has 4 nitrogen and oxygen atoms in total. The first-order valence-electron chi connectivity index (χ1n) is 7.68. The predicted octanol–water partition coefficient (Wildman–Crippen LogP) is 5.11. The summed E-state index contributed by atoms with van der Waals surface area (Å²) in [5.41, 5.74) is -0.337. The van der Waals surface area contributed by atoms with Gasteiger partial charge in [-0.15, -0.1) is 11.3 Å². The molecule has 2 N–H and O–H groups in total. The molecule has 2 aromatic rings. The number of aromatic carboxylic acids is 1. The van der Waals surface area contributed by atoms with Gasteiger partial charge in [0.2, 0.25) is 5.91 Å². The van der Waals surface area contributed by atoms with E-state index in [2.05, 4.69) is 5.32 Å². The number of anilines is 1. The van der Waals surface area contributed by atoms with Crippen molar-refractivity contribution in [1.29, 1.82) is 0 Å². The summed E-state index contributed by atoms with van der Waals surface area (Å²) in [4.78, 5) is 23.9. The number of alkyl halides is 3. The van der Waals surface area contributed by atoms with E-state index in [1.807, 2.05) is 23.0 Å². The Morgan fingerprint density at radius 2 is 1.74 bits per heavy atom. The SMILES string of the molecule is O=C(C[SH]1C=CC=C1)Nc1scc(-c2ccc(C(F)(F)F)cc2)c1C(=O)O. The number of hydrogen-bond acceptors (Lipinski definition) is 3. The number of nitrogens with one attached hydrogen (secondary N) is 1. The average Bonchev–Trinajstić information content (AvgIpc) is 3.24. The molecule has 3 rings (SSSR count). The third-order valence-electron chi connectivity index (χ3n) is 3.77. The third kappa shape index (κ3) is 4.42. The van der Waals surface area contributed by atoms with Crippen molar-refractivity contribution in [3.8, 4) is 11.1 Å². The van der Waals surface area contributed by atoms with Gasteiger partial charge in [0.25, 0.3) is 0 Å². The number of thiol groups is 1. The molecule has 0 atom stereocenters. The first kappa shape index (κ1) is 19.2. The molecule has 0 radical (unpaired) electrons. The molecule has 0 unspecified atom stereocenters. The van der Waals surface area contributed by atoms with Crippen LogP contribution in [0.1, 0.15) is 15.9 Å². The Bertz CT molecular complexity index is 918. The number of rotatable bonds is 5. The van der Waals surface area contributed by atoms with Crippen molar-refractivity contribution in [2.75, 3.05) is 11.1 Å². The Labute approximate surface area is 159 Å². The lowest BCUT2D eigenvalue weighted by molar-refractivity contribution is -0.137. The largest absolute Gasteiger partial charge is 0.478 e. The van der Waals surface area contributed by atoms with Gasteiger partial charge in [-0.3, -0.25) is 4.79 Å². The molecule has 2 heterocycles. The van der Waals surface area contributed by atoms with Crippen molar-refractivity contribution in [3.05, 3.63) is 63.7 Å². The molecule has 1 aliphatic rings. The first-order chi connectivity index (χ1) is 12.8. The van der Waals surface area contributed by atoms with Crippen molar-refractivity contribution >= 4 is 39.1 Å². The molecule has 0 fully saturated rings. The minimum Gasteiger partial charge on any atom is -0.478 e. The summed E-state index contributed by atoms with van der Waals surface area (Å²) in [6.07, 6.45) is -0.752. The molecular weight excluding hydrogens is 399 g/mol. The van der Waals surface area contributed by atoms with Crippen LogP contribution in [-0.4, -0.2) is 22.7 Å². The zero-order valence-corrected chi connectivity index (χ0v) is 15.4. The van der Waals surface area contributed by atoms with Crippen LogP contribution >= 0.6 is 22.2 Å². The van der Waals surface area contributed by atoms with E-state index in [1.165, 1.54) is 17.5 Å². The fourth-order valence-corrected chi connectivity index (χ4v) is 4.86.